The van der Waals surface area contributed by atoms with E-state index in [-0.39, 0.29) is 17.4 Å². The second-order valence-electron chi connectivity index (χ2n) is 8.00. The highest BCUT2D eigenvalue weighted by Gasteiger charge is 2.53. The first-order chi connectivity index (χ1) is 12.6. The molecular weight excluding hydrogens is 330 g/mol. The van der Waals surface area contributed by atoms with Gasteiger partial charge in [0.25, 0.3) is 0 Å². The predicted octanol–water partition coefficient (Wildman–Crippen LogP) is 2.98. The Morgan fingerprint density at radius 1 is 1.19 bits per heavy atom. The summed E-state index contributed by atoms with van der Waals surface area (Å²) in [5, 5.41) is 20.5. The number of fused-ring (bicyclic) bond motifs is 3. The molecule has 136 valence electrons. The average Bonchev–Trinajstić information content (AvgIpc) is 3.31. The fraction of sp³-hybridized carbons (Fsp3) is 0.500. The van der Waals surface area contributed by atoms with Crippen molar-refractivity contribution < 1.29 is 15.0 Å². The van der Waals surface area contributed by atoms with Crippen molar-refractivity contribution >= 4 is 6.09 Å². The predicted molar refractivity (Wildman–Crippen MR) is 95.8 cm³/mol. The molecule has 26 heavy (non-hydrogen) atoms. The first-order valence-corrected chi connectivity index (χ1v) is 9.38. The third kappa shape index (κ3) is 2.08. The highest BCUT2D eigenvalue weighted by molar-refractivity contribution is 5.69. The summed E-state index contributed by atoms with van der Waals surface area (Å²) in [6.07, 6.45) is 5.96. The number of carbonyl (C=O) groups is 1. The first-order valence-electron chi connectivity index (χ1n) is 9.38. The molecule has 1 spiro atoms. The molecule has 2 aromatic rings. The molecule has 1 aliphatic carbocycles. The van der Waals surface area contributed by atoms with Gasteiger partial charge in [-0.1, -0.05) is 24.3 Å². The van der Waals surface area contributed by atoms with Crippen molar-refractivity contribution in [3.05, 3.63) is 42.4 Å². The molecule has 6 heteroatoms. The number of carboxylic acid groups (broad SMARTS) is 1. The van der Waals surface area contributed by atoms with Crippen molar-refractivity contribution in [2.24, 2.45) is 11.3 Å². The highest BCUT2D eigenvalue weighted by Crippen LogP contribution is 2.55. The fourth-order valence-electron chi connectivity index (χ4n) is 5.54. The van der Waals surface area contributed by atoms with Gasteiger partial charge < -0.3 is 19.7 Å². The van der Waals surface area contributed by atoms with Gasteiger partial charge in [0.2, 0.25) is 0 Å². The molecule has 3 atom stereocenters. The molecule has 2 aliphatic heterocycles. The van der Waals surface area contributed by atoms with Gasteiger partial charge >= 0.3 is 6.09 Å². The summed E-state index contributed by atoms with van der Waals surface area (Å²) >= 11 is 0. The van der Waals surface area contributed by atoms with Gasteiger partial charge in [0.15, 0.2) is 0 Å². The lowest BCUT2D eigenvalue weighted by atomic mass is 9.73. The number of nitrogens with zero attached hydrogens (tertiary/aromatic N) is 3. The van der Waals surface area contributed by atoms with Gasteiger partial charge in [0, 0.05) is 30.0 Å². The van der Waals surface area contributed by atoms with Gasteiger partial charge in [-0.05, 0) is 31.2 Å². The fourth-order valence-corrected chi connectivity index (χ4v) is 5.54. The molecule has 0 bridgehead atoms. The molecule has 1 unspecified atom stereocenters. The van der Waals surface area contributed by atoms with E-state index in [2.05, 4.69) is 27.8 Å². The zero-order valence-electron chi connectivity index (χ0n) is 14.6. The van der Waals surface area contributed by atoms with Gasteiger partial charge in [0.1, 0.15) is 0 Å². The summed E-state index contributed by atoms with van der Waals surface area (Å²) < 4.78 is 2.21. The van der Waals surface area contributed by atoms with Crippen LogP contribution in [0.25, 0.3) is 11.3 Å². The zero-order chi connectivity index (χ0) is 17.9. The number of aliphatic hydroxyl groups excluding tert-OH is 1. The van der Waals surface area contributed by atoms with Crippen molar-refractivity contribution in [3.8, 4) is 11.3 Å². The summed E-state index contributed by atoms with van der Waals surface area (Å²) in [5.41, 5.74) is 3.46. The van der Waals surface area contributed by atoms with Crippen LogP contribution in [-0.4, -0.2) is 50.0 Å². The Balaban J connectivity index is 1.45. The van der Waals surface area contributed by atoms with E-state index in [1.54, 1.807) is 0 Å². The van der Waals surface area contributed by atoms with Gasteiger partial charge in [0.05, 0.1) is 30.4 Å². The third-order valence-electron chi connectivity index (χ3n) is 6.96. The minimum atomic E-state index is -0.850. The van der Waals surface area contributed by atoms with Crippen LogP contribution in [0.4, 0.5) is 4.79 Å². The summed E-state index contributed by atoms with van der Waals surface area (Å²) in [4.78, 5) is 17.0. The molecule has 2 N–H and O–H groups in total. The number of aliphatic hydroxyl groups is 1. The van der Waals surface area contributed by atoms with Crippen LogP contribution in [0.3, 0.4) is 0 Å². The van der Waals surface area contributed by atoms with Crippen molar-refractivity contribution in [2.75, 3.05) is 13.1 Å². The van der Waals surface area contributed by atoms with Gasteiger partial charge in [-0.25, -0.2) is 9.78 Å². The molecule has 3 aliphatic rings. The Morgan fingerprint density at radius 2 is 1.96 bits per heavy atom. The molecule has 6 nitrogen and oxygen atoms in total. The summed E-state index contributed by atoms with van der Waals surface area (Å²) in [6.45, 7) is 1.05. The number of imidazole rings is 1. The lowest BCUT2D eigenvalue weighted by Gasteiger charge is -2.42. The Labute approximate surface area is 152 Å². The largest absolute Gasteiger partial charge is 0.465 e. The SMILES string of the molecule is O=C(O)N1CCC2(CC[C@H]([C@H]3c4ccccc4-c4cncn43)C2O)CC1. The first kappa shape index (κ1) is 15.9. The van der Waals surface area contributed by atoms with Crippen LogP contribution < -0.4 is 0 Å². The van der Waals surface area contributed by atoms with Crippen molar-refractivity contribution in [2.45, 2.75) is 37.8 Å². The van der Waals surface area contributed by atoms with E-state index in [9.17, 15) is 15.0 Å². The maximum atomic E-state index is 11.3. The van der Waals surface area contributed by atoms with E-state index in [1.807, 2.05) is 18.6 Å². The molecule has 1 saturated heterocycles. The van der Waals surface area contributed by atoms with Crippen LogP contribution in [0.15, 0.2) is 36.8 Å². The van der Waals surface area contributed by atoms with Gasteiger partial charge in [-0.2, -0.15) is 0 Å². The van der Waals surface area contributed by atoms with Crippen molar-refractivity contribution in [1.82, 2.24) is 14.5 Å². The third-order valence-corrected chi connectivity index (χ3v) is 6.96. The lowest BCUT2D eigenvalue weighted by Crippen LogP contribution is -2.47. The number of hydrogen-bond donors (Lipinski definition) is 2. The number of hydrogen-bond acceptors (Lipinski definition) is 3. The summed E-state index contributed by atoms with van der Waals surface area (Å²) in [7, 11) is 0. The van der Waals surface area contributed by atoms with Crippen LogP contribution in [-0.2, 0) is 0 Å². The number of amides is 1. The van der Waals surface area contributed by atoms with Crippen LogP contribution in [0.2, 0.25) is 0 Å². The van der Waals surface area contributed by atoms with Crippen LogP contribution in [0.5, 0.6) is 0 Å². The number of aromatic nitrogens is 2. The lowest BCUT2D eigenvalue weighted by molar-refractivity contribution is -0.0227. The quantitative estimate of drug-likeness (QED) is 0.826. The Morgan fingerprint density at radius 3 is 2.73 bits per heavy atom. The molecule has 1 saturated carbocycles. The Kier molecular flexibility index (Phi) is 3.41. The Bertz CT molecular complexity index is 853. The van der Waals surface area contributed by atoms with Crippen LogP contribution in [0, 0.1) is 11.3 Å². The van der Waals surface area contributed by atoms with Crippen molar-refractivity contribution in [3.63, 3.8) is 0 Å². The Hall–Kier alpha value is -2.34. The van der Waals surface area contributed by atoms with Crippen molar-refractivity contribution in [1.29, 1.82) is 0 Å². The normalized spacial score (nSPS) is 29.0. The minimum Gasteiger partial charge on any atom is -0.465 e. The van der Waals surface area contributed by atoms with E-state index >= 15 is 0 Å². The van der Waals surface area contributed by atoms with E-state index < -0.39 is 12.2 Å². The summed E-state index contributed by atoms with van der Waals surface area (Å²) in [5.74, 6) is 0.142. The number of likely N-dealkylation sites (tertiary alicyclic amines) is 1. The second kappa shape index (κ2) is 5.58. The topological polar surface area (TPSA) is 78.6 Å². The molecular formula is C20H23N3O3. The minimum absolute atomic E-state index is 0.121. The standard InChI is InChI=1S/C20H23N3O3/c24-18-15(5-6-20(18)7-9-22(10-8-20)19(25)26)17-14-4-2-1-3-13(14)16-11-21-12-23(16)17/h1-4,11-12,15,17-18,24H,5-10H2,(H,25,26)/t15-,17-,18?/m1/s1. The maximum Gasteiger partial charge on any atom is 0.407 e. The monoisotopic (exact) mass is 353 g/mol. The smallest absolute Gasteiger partial charge is 0.407 e. The van der Waals surface area contributed by atoms with Crippen LogP contribution >= 0.6 is 0 Å². The average molecular weight is 353 g/mol. The second-order valence-corrected chi connectivity index (χ2v) is 8.00. The summed E-state index contributed by atoms with van der Waals surface area (Å²) in [6, 6.07) is 8.53. The zero-order valence-corrected chi connectivity index (χ0v) is 14.6. The van der Waals surface area contributed by atoms with Gasteiger partial charge in [-0.15, -0.1) is 0 Å². The van der Waals surface area contributed by atoms with Gasteiger partial charge in [-0.3, -0.25) is 0 Å². The van der Waals surface area contributed by atoms with E-state index in [0.717, 1.165) is 31.4 Å². The molecule has 0 radical (unpaired) electrons. The molecule has 1 aromatic heterocycles. The molecule has 1 amide bonds. The van der Waals surface area contributed by atoms with Crippen LogP contribution in [0.1, 0.15) is 37.3 Å². The van der Waals surface area contributed by atoms with E-state index in [0.29, 0.717) is 13.1 Å². The van der Waals surface area contributed by atoms with E-state index in [1.165, 1.54) is 16.0 Å². The number of rotatable bonds is 1. The molecule has 1 aromatic carbocycles. The van der Waals surface area contributed by atoms with E-state index in [4.69, 9.17) is 0 Å². The maximum absolute atomic E-state index is 11.3. The number of piperidine rings is 1. The molecule has 5 rings (SSSR count). The highest BCUT2D eigenvalue weighted by atomic mass is 16.4. The number of benzene rings is 1. The molecule has 3 heterocycles. The molecule has 2 fully saturated rings.